The van der Waals surface area contributed by atoms with Crippen molar-refractivity contribution in [3.05, 3.63) is 35.0 Å². The van der Waals surface area contributed by atoms with Crippen LogP contribution in [0.3, 0.4) is 0 Å². The lowest BCUT2D eigenvalue weighted by Gasteiger charge is -2.12. The average molecular weight is 318 g/mol. The van der Waals surface area contributed by atoms with E-state index in [1.807, 2.05) is 36.9 Å². The lowest BCUT2D eigenvalue weighted by atomic mass is 10.1. The van der Waals surface area contributed by atoms with E-state index in [9.17, 15) is 0 Å². The van der Waals surface area contributed by atoms with Crippen LogP contribution < -0.4 is 9.47 Å². The fourth-order valence-electron chi connectivity index (χ4n) is 2.61. The Hall–Kier alpha value is -2.27. The van der Waals surface area contributed by atoms with Crippen LogP contribution in [0.2, 0.25) is 5.02 Å². The molecule has 2 heterocycles. The van der Waals surface area contributed by atoms with Crippen molar-refractivity contribution >= 4 is 22.6 Å². The maximum atomic E-state index is 6.28. The van der Waals surface area contributed by atoms with Crippen molar-refractivity contribution in [2.45, 2.75) is 6.92 Å². The number of halogens is 1. The topological polar surface area (TPSA) is 49.2 Å². The molecule has 0 aliphatic rings. The number of ether oxygens (including phenoxy) is 2. The average Bonchev–Trinajstić information content (AvgIpc) is 2.88. The number of pyridine rings is 1. The molecule has 1 aromatic carbocycles. The molecule has 0 saturated heterocycles. The van der Waals surface area contributed by atoms with E-state index >= 15 is 0 Å². The summed E-state index contributed by atoms with van der Waals surface area (Å²) >= 11 is 6.28. The first-order chi connectivity index (χ1) is 10.5. The summed E-state index contributed by atoms with van der Waals surface area (Å²) in [6, 6.07) is 5.71. The van der Waals surface area contributed by atoms with Crippen LogP contribution in [-0.2, 0) is 7.05 Å². The normalized spacial score (nSPS) is 11.0. The van der Waals surface area contributed by atoms with Gasteiger partial charge in [-0.05, 0) is 30.7 Å². The van der Waals surface area contributed by atoms with Crippen molar-refractivity contribution < 1.29 is 9.47 Å². The second kappa shape index (κ2) is 5.50. The second-order valence-electron chi connectivity index (χ2n) is 5.02. The van der Waals surface area contributed by atoms with Gasteiger partial charge in [0, 0.05) is 12.6 Å². The van der Waals surface area contributed by atoms with Crippen molar-refractivity contribution in [1.29, 1.82) is 0 Å². The number of benzene rings is 1. The van der Waals surface area contributed by atoms with Crippen LogP contribution in [-0.4, -0.2) is 29.0 Å². The summed E-state index contributed by atoms with van der Waals surface area (Å²) in [6.45, 7) is 2.04. The first kappa shape index (κ1) is 14.7. The van der Waals surface area contributed by atoms with Gasteiger partial charge < -0.3 is 9.47 Å². The zero-order chi connectivity index (χ0) is 15.9. The van der Waals surface area contributed by atoms with Gasteiger partial charge in [-0.3, -0.25) is 4.68 Å². The van der Waals surface area contributed by atoms with Gasteiger partial charge in [0.05, 0.1) is 36.6 Å². The lowest BCUT2D eigenvalue weighted by Crippen LogP contribution is -1.95. The first-order valence-corrected chi connectivity index (χ1v) is 7.14. The molecule has 3 aromatic rings. The highest BCUT2D eigenvalue weighted by molar-refractivity contribution is 6.32. The first-order valence-electron chi connectivity index (χ1n) is 6.76. The maximum absolute atomic E-state index is 6.28. The third-order valence-electron chi connectivity index (χ3n) is 3.62. The molecule has 0 fully saturated rings. The molecule has 0 aliphatic carbocycles. The van der Waals surface area contributed by atoms with E-state index in [0.29, 0.717) is 16.5 Å². The zero-order valence-corrected chi connectivity index (χ0v) is 13.6. The third-order valence-corrected chi connectivity index (χ3v) is 3.90. The van der Waals surface area contributed by atoms with E-state index in [2.05, 4.69) is 10.1 Å². The molecule has 0 aliphatic heterocycles. The van der Waals surface area contributed by atoms with Crippen LogP contribution in [0.4, 0.5) is 0 Å². The number of rotatable bonds is 3. The second-order valence-corrected chi connectivity index (χ2v) is 5.43. The summed E-state index contributed by atoms with van der Waals surface area (Å²) in [5.41, 5.74) is 4.67. The van der Waals surface area contributed by atoms with Gasteiger partial charge >= 0.3 is 0 Å². The van der Waals surface area contributed by atoms with E-state index < -0.39 is 0 Å². The summed E-state index contributed by atoms with van der Waals surface area (Å²) in [5.74, 6) is 1.10. The molecular weight excluding hydrogens is 302 g/mol. The minimum Gasteiger partial charge on any atom is -0.493 e. The molecule has 0 bridgehead atoms. The number of aromatic nitrogens is 3. The van der Waals surface area contributed by atoms with Crippen LogP contribution in [0.25, 0.3) is 22.3 Å². The van der Waals surface area contributed by atoms with Crippen LogP contribution in [0.5, 0.6) is 11.5 Å². The number of fused-ring (bicyclic) bond motifs is 1. The van der Waals surface area contributed by atoms with Crippen LogP contribution >= 0.6 is 11.6 Å². The molecule has 0 saturated carbocycles. The monoisotopic (exact) mass is 317 g/mol. The van der Waals surface area contributed by atoms with Gasteiger partial charge in [-0.1, -0.05) is 11.6 Å². The Morgan fingerprint density at radius 2 is 1.91 bits per heavy atom. The Kier molecular flexibility index (Phi) is 3.66. The quantitative estimate of drug-likeness (QED) is 0.740. The molecule has 0 atom stereocenters. The predicted octanol–water partition coefficient (Wildman–Crippen LogP) is 3.61. The fourth-order valence-corrected chi connectivity index (χ4v) is 2.90. The molecule has 3 rings (SSSR count). The molecule has 0 N–H and O–H groups in total. The highest BCUT2D eigenvalue weighted by atomic mass is 35.5. The molecule has 114 valence electrons. The SMILES string of the molecule is COc1cc(-c2cc(C)c3c(cnn3C)n2)cc(Cl)c1OC. The van der Waals surface area contributed by atoms with E-state index in [-0.39, 0.29) is 0 Å². The van der Waals surface area contributed by atoms with Gasteiger partial charge in [-0.2, -0.15) is 5.10 Å². The van der Waals surface area contributed by atoms with Gasteiger partial charge in [-0.15, -0.1) is 0 Å². The smallest absolute Gasteiger partial charge is 0.179 e. The number of hydrogen-bond acceptors (Lipinski definition) is 4. The van der Waals surface area contributed by atoms with Crippen molar-refractivity contribution in [2.24, 2.45) is 7.05 Å². The van der Waals surface area contributed by atoms with Crippen molar-refractivity contribution in [2.75, 3.05) is 14.2 Å². The molecule has 0 unspecified atom stereocenters. The van der Waals surface area contributed by atoms with Crippen LogP contribution in [0.15, 0.2) is 24.4 Å². The maximum Gasteiger partial charge on any atom is 0.179 e. The summed E-state index contributed by atoms with van der Waals surface area (Å²) < 4.78 is 12.4. The number of hydrogen-bond donors (Lipinski definition) is 0. The van der Waals surface area contributed by atoms with Crippen molar-refractivity contribution in [3.63, 3.8) is 0 Å². The summed E-state index contributed by atoms with van der Waals surface area (Å²) in [7, 11) is 5.05. The molecule has 0 radical (unpaired) electrons. The van der Waals surface area contributed by atoms with Gasteiger partial charge in [0.25, 0.3) is 0 Å². The van der Waals surface area contributed by atoms with Crippen LogP contribution in [0, 0.1) is 6.92 Å². The Balaban J connectivity index is 2.21. The molecule has 2 aromatic heterocycles. The van der Waals surface area contributed by atoms with E-state index in [1.54, 1.807) is 20.4 Å². The minimum absolute atomic E-state index is 0.489. The molecule has 22 heavy (non-hydrogen) atoms. The zero-order valence-electron chi connectivity index (χ0n) is 12.8. The van der Waals surface area contributed by atoms with E-state index in [1.165, 1.54) is 0 Å². The highest BCUT2D eigenvalue weighted by Gasteiger charge is 2.14. The van der Waals surface area contributed by atoms with Gasteiger partial charge in [0.2, 0.25) is 0 Å². The van der Waals surface area contributed by atoms with E-state index in [4.69, 9.17) is 21.1 Å². The lowest BCUT2D eigenvalue weighted by molar-refractivity contribution is 0.355. The highest BCUT2D eigenvalue weighted by Crippen LogP contribution is 2.39. The predicted molar refractivity (Wildman–Crippen MR) is 86.8 cm³/mol. The summed E-state index contributed by atoms with van der Waals surface area (Å²) in [5, 5.41) is 4.74. The van der Waals surface area contributed by atoms with E-state index in [0.717, 1.165) is 27.9 Å². The molecular formula is C16H16ClN3O2. The van der Waals surface area contributed by atoms with Crippen molar-refractivity contribution in [1.82, 2.24) is 14.8 Å². The Morgan fingerprint density at radius 3 is 2.59 bits per heavy atom. The largest absolute Gasteiger partial charge is 0.493 e. The number of methoxy groups -OCH3 is 2. The summed E-state index contributed by atoms with van der Waals surface area (Å²) in [4.78, 5) is 4.66. The number of aryl methyl sites for hydroxylation is 2. The number of nitrogens with zero attached hydrogens (tertiary/aromatic N) is 3. The third kappa shape index (κ3) is 2.27. The minimum atomic E-state index is 0.489. The molecule has 0 amide bonds. The van der Waals surface area contributed by atoms with Crippen LogP contribution in [0.1, 0.15) is 5.56 Å². The Bertz CT molecular complexity index is 858. The Labute approximate surface area is 133 Å². The van der Waals surface area contributed by atoms with Crippen molar-refractivity contribution in [3.8, 4) is 22.8 Å². The standard InChI is InChI=1S/C16H16ClN3O2/c1-9-5-12(19-13-8-18-20(2)15(9)13)10-6-11(17)16(22-4)14(7-10)21-3/h5-8H,1-4H3. The summed E-state index contributed by atoms with van der Waals surface area (Å²) in [6.07, 6.45) is 1.76. The van der Waals surface area contributed by atoms with Gasteiger partial charge in [-0.25, -0.2) is 4.98 Å². The Morgan fingerprint density at radius 1 is 1.14 bits per heavy atom. The van der Waals surface area contributed by atoms with Gasteiger partial charge in [0.1, 0.15) is 5.52 Å². The fraction of sp³-hybridized carbons (Fsp3) is 0.250. The van der Waals surface area contributed by atoms with Gasteiger partial charge in [0.15, 0.2) is 11.5 Å². The molecule has 6 heteroatoms. The molecule has 5 nitrogen and oxygen atoms in total. The molecule has 0 spiro atoms.